The van der Waals surface area contributed by atoms with E-state index in [-0.39, 0.29) is 6.04 Å². The van der Waals surface area contributed by atoms with Gasteiger partial charge in [0.25, 0.3) is 5.89 Å². The van der Waals surface area contributed by atoms with Gasteiger partial charge in [-0.1, -0.05) is 41.1 Å². The van der Waals surface area contributed by atoms with E-state index in [1.165, 1.54) is 4.90 Å². The number of ether oxygens (including phenoxy) is 1. The number of aromatic nitrogens is 2. The van der Waals surface area contributed by atoms with Crippen LogP contribution in [0.5, 0.6) is 0 Å². The van der Waals surface area contributed by atoms with E-state index in [0.717, 1.165) is 40.9 Å². The third-order valence-electron chi connectivity index (χ3n) is 5.71. The summed E-state index contributed by atoms with van der Waals surface area (Å²) in [6.45, 7) is 5.52. The Morgan fingerprint density at radius 1 is 1.18 bits per heavy atom. The van der Waals surface area contributed by atoms with E-state index in [9.17, 15) is 0 Å². The normalized spacial score (nSPS) is 16.3. The maximum Gasteiger partial charge on any atom is 0.258 e. The topological polar surface area (TPSA) is 63.4 Å². The number of thiocarbonyl (C=S) groups is 1. The number of rotatable bonds is 8. The van der Waals surface area contributed by atoms with E-state index in [4.69, 9.17) is 26.5 Å². The predicted octanol–water partition coefficient (Wildman–Crippen LogP) is 5.47. The van der Waals surface area contributed by atoms with Crippen molar-refractivity contribution in [3.05, 3.63) is 71.2 Å². The molecule has 1 aliphatic heterocycles. The molecule has 1 aliphatic rings. The maximum atomic E-state index is 5.82. The molecule has 172 valence electrons. The van der Waals surface area contributed by atoms with Crippen LogP contribution in [0.3, 0.4) is 0 Å². The Bertz CT molecular complexity index is 1160. The first-order valence-electron chi connectivity index (χ1n) is 10.8. The van der Waals surface area contributed by atoms with Crippen LogP contribution in [0, 0.1) is 6.92 Å². The zero-order valence-electron chi connectivity index (χ0n) is 19.3. The van der Waals surface area contributed by atoms with E-state index in [1.54, 1.807) is 18.9 Å². The fourth-order valence-electron chi connectivity index (χ4n) is 3.98. The van der Waals surface area contributed by atoms with Crippen molar-refractivity contribution in [2.24, 2.45) is 0 Å². The van der Waals surface area contributed by atoms with Crippen LogP contribution in [0.4, 0.5) is 0 Å². The van der Waals surface area contributed by atoms with Gasteiger partial charge in [-0.25, -0.2) is 0 Å². The molecule has 2 aromatic carbocycles. The van der Waals surface area contributed by atoms with Crippen LogP contribution in [-0.4, -0.2) is 46.7 Å². The second kappa shape index (κ2) is 10.5. The van der Waals surface area contributed by atoms with E-state index in [0.29, 0.717) is 23.4 Å². The second-order valence-electron chi connectivity index (χ2n) is 7.95. The summed E-state index contributed by atoms with van der Waals surface area (Å²) < 4.78 is 11.1. The molecule has 0 fully saturated rings. The molecule has 1 aromatic heterocycles. The van der Waals surface area contributed by atoms with E-state index in [1.807, 2.05) is 12.1 Å². The summed E-state index contributed by atoms with van der Waals surface area (Å²) in [6.07, 6.45) is 2.93. The van der Waals surface area contributed by atoms with E-state index >= 15 is 0 Å². The maximum absolute atomic E-state index is 5.82. The SMILES string of the molecule is COCCCN1C(=S)NC(c2ccc(SC)cc2)C(c2nc(-c3cccc(C)c3)no2)=C1C. The molecule has 0 saturated heterocycles. The van der Waals surface area contributed by atoms with Gasteiger partial charge < -0.3 is 19.5 Å². The number of hydrogen-bond acceptors (Lipinski definition) is 6. The molecule has 0 bridgehead atoms. The Labute approximate surface area is 204 Å². The number of methoxy groups -OCH3 is 1. The first kappa shape index (κ1) is 23.5. The highest BCUT2D eigenvalue weighted by molar-refractivity contribution is 7.98. The highest BCUT2D eigenvalue weighted by Gasteiger charge is 2.33. The zero-order chi connectivity index (χ0) is 23.4. The van der Waals surface area contributed by atoms with Gasteiger partial charge in [0, 0.05) is 36.4 Å². The van der Waals surface area contributed by atoms with Gasteiger partial charge in [-0.2, -0.15) is 4.98 Å². The molecular formula is C25H28N4O2S2. The van der Waals surface area contributed by atoms with Gasteiger partial charge >= 0.3 is 0 Å². The predicted molar refractivity (Wildman–Crippen MR) is 137 cm³/mol. The molecule has 1 N–H and O–H groups in total. The molecule has 0 saturated carbocycles. The van der Waals surface area contributed by atoms with Crippen LogP contribution < -0.4 is 5.32 Å². The summed E-state index contributed by atoms with van der Waals surface area (Å²) in [7, 11) is 1.71. The van der Waals surface area contributed by atoms with Crippen LogP contribution in [0.25, 0.3) is 17.0 Å². The Morgan fingerprint density at radius 2 is 1.97 bits per heavy atom. The molecule has 8 heteroatoms. The van der Waals surface area contributed by atoms with Gasteiger partial charge in [-0.05, 0) is 62.5 Å². The van der Waals surface area contributed by atoms with Gasteiger partial charge in [0.15, 0.2) is 5.11 Å². The van der Waals surface area contributed by atoms with Crippen molar-refractivity contribution >= 4 is 34.7 Å². The molecule has 0 radical (unpaired) electrons. The molecule has 3 aromatic rings. The number of aryl methyl sites for hydroxylation is 1. The minimum Gasteiger partial charge on any atom is -0.385 e. The smallest absolute Gasteiger partial charge is 0.258 e. The summed E-state index contributed by atoms with van der Waals surface area (Å²) in [5.41, 5.74) is 5.12. The standard InChI is InChI=1S/C25H28N4O2S2/c1-16-7-5-8-19(15-16)23-27-24(31-28-23)21-17(2)29(13-6-14-30-3)25(32)26-22(21)18-9-11-20(33-4)12-10-18/h5,7-12,15,22H,6,13-14H2,1-4H3,(H,26,32). The molecule has 1 unspecified atom stereocenters. The van der Waals surface area contributed by atoms with Crippen LogP contribution >= 0.6 is 24.0 Å². The fourth-order valence-corrected chi connectivity index (χ4v) is 4.73. The summed E-state index contributed by atoms with van der Waals surface area (Å²) >= 11 is 7.46. The minimum absolute atomic E-state index is 0.183. The lowest BCUT2D eigenvalue weighted by atomic mass is 9.95. The van der Waals surface area contributed by atoms with Crippen LogP contribution in [0.2, 0.25) is 0 Å². The van der Waals surface area contributed by atoms with Crippen molar-refractivity contribution in [2.45, 2.75) is 31.2 Å². The van der Waals surface area contributed by atoms with Gasteiger partial charge in [-0.3, -0.25) is 0 Å². The number of hydrogen-bond donors (Lipinski definition) is 1. The first-order valence-corrected chi connectivity index (χ1v) is 12.5. The van der Waals surface area contributed by atoms with Gasteiger partial charge in [0.05, 0.1) is 11.6 Å². The lowest BCUT2D eigenvalue weighted by Crippen LogP contribution is -2.46. The highest BCUT2D eigenvalue weighted by atomic mass is 32.2. The third kappa shape index (κ3) is 5.13. The summed E-state index contributed by atoms with van der Waals surface area (Å²) in [5.74, 6) is 1.07. The summed E-state index contributed by atoms with van der Waals surface area (Å²) in [4.78, 5) is 8.09. The van der Waals surface area contributed by atoms with Crippen LogP contribution in [0.15, 0.2) is 63.6 Å². The summed E-state index contributed by atoms with van der Waals surface area (Å²) in [6, 6.07) is 16.4. The quantitative estimate of drug-likeness (QED) is 0.259. The number of thioether (sulfide) groups is 1. The van der Waals surface area contributed by atoms with E-state index in [2.05, 4.69) is 71.9 Å². The molecule has 1 atom stereocenters. The number of nitrogens with one attached hydrogen (secondary N) is 1. The third-order valence-corrected chi connectivity index (χ3v) is 6.79. The van der Waals surface area contributed by atoms with Crippen molar-refractivity contribution in [3.8, 4) is 11.4 Å². The molecule has 0 amide bonds. The summed E-state index contributed by atoms with van der Waals surface area (Å²) in [5, 5.41) is 8.48. The number of nitrogens with zero attached hydrogens (tertiary/aromatic N) is 3. The van der Waals surface area contributed by atoms with Gasteiger partial charge in [0.2, 0.25) is 5.82 Å². The lowest BCUT2D eigenvalue weighted by molar-refractivity contribution is 0.188. The minimum atomic E-state index is -0.183. The Kier molecular flexibility index (Phi) is 7.47. The Morgan fingerprint density at radius 3 is 2.67 bits per heavy atom. The molecule has 0 aliphatic carbocycles. The van der Waals surface area contributed by atoms with Crippen molar-refractivity contribution in [1.82, 2.24) is 20.4 Å². The molecule has 33 heavy (non-hydrogen) atoms. The average Bonchev–Trinajstić information content (AvgIpc) is 3.31. The Hall–Kier alpha value is -2.68. The van der Waals surface area contributed by atoms with Crippen molar-refractivity contribution in [1.29, 1.82) is 0 Å². The van der Waals surface area contributed by atoms with Crippen LogP contribution in [0.1, 0.15) is 36.4 Å². The zero-order valence-corrected chi connectivity index (χ0v) is 20.9. The number of allylic oxidation sites excluding steroid dienone is 1. The van der Waals surface area contributed by atoms with Crippen LogP contribution in [-0.2, 0) is 4.74 Å². The molecule has 2 heterocycles. The first-order chi connectivity index (χ1) is 16.0. The molecule has 0 spiro atoms. The highest BCUT2D eigenvalue weighted by Crippen LogP contribution is 2.38. The fraction of sp³-hybridized carbons (Fsp3) is 0.320. The van der Waals surface area contributed by atoms with Crippen molar-refractivity contribution in [2.75, 3.05) is 26.5 Å². The second-order valence-corrected chi connectivity index (χ2v) is 9.21. The lowest BCUT2D eigenvalue weighted by Gasteiger charge is -2.37. The monoisotopic (exact) mass is 480 g/mol. The van der Waals surface area contributed by atoms with Gasteiger partial charge in [-0.15, -0.1) is 11.8 Å². The molecule has 6 nitrogen and oxygen atoms in total. The van der Waals surface area contributed by atoms with E-state index < -0.39 is 0 Å². The Balaban J connectivity index is 1.76. The number of benzene rings is 2. The average molecular weight is 481 g/mol. The largest absolute Gasteiger partial charge is 0.385 e. The van der Waals surface area contributed by atoms with Gasteiger partial charge in [0.1, 0.15) is 0 Å². The van der Waals surface area contributed by atoms with Crippen molar-refractivity contribution in [3.63, 3.8) is 0 Å². The molecule has 4 rings (SSSR count). The molecular weight excluding hydrogens is 452 g/mol. The van der Waals surface area contributed by atoms with Crippen molar-refractivity contribution < 1.29 is 9.26 Å².